The van der Waals surface area contributed by atoms with E-state index in [-0.39, 0.29) is 0 Å². The van der Waals surface area contributed by atoms with Crippen molar-refractivity contribution in [1.82, 2.24) is 4.98 Å². The Bertz CT molecular complexity index is 597. The van der Waals surface area contributed by atoms with Crippen LogP contribution in [0.15, 0.2) is 36.5 Å². The topological polar surface area (TPSA) is 91.2 Å². The van der Waals surface area contributed by atoms with E-state index in [1.165, 1.54) is 7.11 Å². The minimum atomic E-state index is -0.517. The fourth-order valence-electron chi connectivity index (χ4n) is 1.77. The summed E-state index contributed by atoms with van der Waals surface area (Å²) in [7, 11) is 1.50. The molecule has 0 aliphatic heterocycles. The Hall–Kier alpha value is -2.56. The molecular formula is C13H13N3O2. The zero-order valence-electron chi connectivity index (χ0n) is 9.88. The first-order valence-corrected chi connectivity index (χ1v) is 5.33. The molecule has 0 aliphatic rings. The lowest BCUT2D eigenvalue weighted by atomic mass is 10.0. The Labute approximate surface area is 104 Å². The number of primary amides is 1. The Morgan fingerprint density at radius 2 is 2.00 bits per heavy atom. The normalized spacial score (nSPS) is 10.1. The SMILES string of the molecule is COc1c(N)ccnc1-c1ccccc1C(N)=O. The number of nitrogen functional groups attached to an aromatic ring is 1. The van der Waals surface area contributed by atoms with Gasteiger partial charge in [-0.2, -0.15) is 0 Å². The highest BCUT2D eigenvalue weighted by atomic mass is 16.5. The fourth-order valence-corrected chi connectivity index (χ4v) is 1.77. The number of carbonyl (C=O) groups is 1. The van der Waals surface area contributed by atoms with Crippen molar-refractivity contribution >= 4 is 11.6 Å². The van der Waals surface area contributed by atoms with Gasteiger partial charge in [0, 0.05) is 17.3 Å². The van der Waals surface area contributed by atoms with Gasteiger partial charge in [0.2, 0.25) is 5.91 Å². The smallest absolute Gasteiger partial charge is 0.249 e. The van der Waals surface area contributed by atoms with E-state index in [0.717, 1.165) is 0 Å². The third kappa shape index (κ3) is 1.98. The molecule has 0 bridgehead atoms. The summed E-state index contributed by atoms with van der Waals surface area (Å²) >= 11 is 0. The van der Waals surface area contributed by atoms with Crippen molar-refractivity contribution in [2.24, 2.45) is 5.73 Å². The lowest BCUT2D eigenvalue weighted by molar-refractivity contribution is 0.100. The summed E-state index contributed by atoms with van der Waals surface area (Å²) in [5.74, 6) is -0.0805. The monoisotopic (exact) mass is 243 g/mol. The first-order chi connectivity index (χ1) is 8.65. The largest absolute Gasteiger partial charge is 0.492 e. The number of aromatic nitrogens is 1. The number of amides is 1. The van der Waals surface area contributed by atoms with Crippen LogP contribution in [0.3, 0.4) is 0 Å². The predicted molar refractivity (Wildman–Crippen MR) is 69.2 cm³/mol. The maximum atomic E-state index is 11.4. The minimum Gasteiger partial charge on any atom is -0.492 e. The molecule has 0 radical (unpaired) electrons. The third-order valence-electron chi connectivity index (χ3n) is 2.59. The highest BCUT2D eigenvalue weighted by Crippen LogP contribution is 2.34. The Morgan fingerprint density at radius 3 is 2.67 bits per heavy atom. The molecule has 0 spiro atoms. The van der Waals surface area contributed by atoms with Crippen molar-refractivity contribution < 1.29 is 9.53 Å². The number of methoxy groups -OCH3 is 1. The molecule has 0 saturated heterocycles. The number of pyridine rings is 1. The lowest BCUT2D eigenvalue weighted by Crippen LogP contribution is -2.12. The second-order valence-corrected chi connectivity index (χ2v) is 3.69. The molecule has 1 heterocycles. The Kier molecular flexibility index (Phi) is 3.14. The second kappa shape index (κ2) is 4.75. The molecule has 0 atom stereocenters. The number of rotatable bonds is 3. The van der Waals surface area contributed by atoms with Crippen molar-refractivity contribution in [3.8, 4) is 17.0 Å². The molecule has 1 amide bonds. The first-order valence-electron chi connectivity index (χ1n) is 5.33. The molecule has 1 aromatic heterocycles. The molecule has 18 heavy (non-hydrogen) atoms. The van der Waals surface area contributed by atoms with Crippen LogP contribution < -0.4 is 16.2 Å². The zero-order valence-corrected chi connectivity index (χ0v) is 9.88. The molecule has 4 N–H and O–H groups in total. The molecular weight excluding hydrogens is 230 g/mol. The molecule has 0 saturated carbocycles. The van der Waals surface area contributed by atoms with Crippen LogP contribution in [0.4, 0.5) is 5.69 Å². The molecule has 0 unspecified atom stereocenters. The average molecular weight is 243 g/mol. The maximum Gasteiger partial charge on any atom is 0.249 e. The van der Waals surface area contributed by atoms with Crippen molar-refractivity contribution in [3.63, 3.8) is 0 Å². The molecule has 0 fully saturated rings. The van der Waals surface area contributed by atoms with Crippen molar-refractivity contribution in [1.29, 1.82) is 0 Å². The molecule has 2 aromatic rings. The summed E-state index contributed by atoms with van der Waals surface area (Å²) in [5.41, 5.74) is 13.1. The predicted octanol–water partition coefficient (Wildman–Crippen LogP) is 1.44. The van der Waals surface area contributed by atoms with Crippen LogP contribution in [0.25, 0.3) is 11.3 Å². The van der Waals surface area contributed by atoms with Crippen LogP contribution in [0, 0.1) is 0 Å². The number of nitrogens with zero attached hydrogens (tertiary/aromatic N) is 1. The summed E-state index contributed by atoms with van der Waals surface area (Å²) in [4.78, 5) is 15.6. The van der Waals surface area contributed by atoms with Crippen LogP contribution in [0.5, 0.6) is 5.75 Å². The van der Waals surface area contributed by atoms with Crippen LogP contribution in [0.2, 0.25) is 0 Å². The quantitative estimate of drug-likeness (QED) is 0.853. The molecule has 2 rings (SSSR count). The van der Waals surface area contributed by atoms with Gasteiger partial charge in [0.25, 0.3) is 0 Å². The van der Waals surface area contributed by atoms with Gasteiger partial charge < -0.3 is 16.2 Å². The molecule has 92 valence electrons. The van der Waals surface area contributed by atoms with Crippen LogP contribution in [-0.4, -0.2) is 18.0 Å². The van der Waals surface area contributed by atoms with E-state index in [1.54, 1.807) is 36.5 Å². The summed E-state index contributed by atoms with van der Waals surface area (Å²) in [6, 6.07) is 8.57. The van der Waals surface area contributed by atoms with Crippen molar-refractivity contribution in [3.05, 3.63) is 42.1 Å². The van der Waals surface area contributed by atoms with Crippen LogP contribution >= 0.6 is 0 Å². The van der Waals surface area contributed by atoms with Gasteiger partial charge >= 0.3 is 0 Å². The third-order valence-corrected chi connectivity index (χ3v) is 2.59. The molecule has 5 heteroatoms. The van der Waals surface area contributed by atoms with E-state index >= 15 is 0 Å². The van der Waals surface area contributed by atoms with E-state index in [2.05, 4.69) is 4.98 Å². The lowest BCUT2D eigenvalue weighted by Gasteiger charge is -2.11. The standard InChI is InChI=1S/C13H13N3O2/c1-18-12-10(14)6-7-16-11(12)8-4-2-3-5-9(8)13(15)17/h2-7H,1H3,(H2,14,16)(H2,15,17). The van der Waals surface area contributed by atoms with Gasteiger partial charge in [-0.1, -0.05) is 18.2 Å². The zero-order chi connectivity index (χ0) is 13.1. The van der Waals surface area contributed by atoms with E-state index in [9.17, 15) is 4.79 Å². The van der Waals surface area contributed by atoms with Gasteiger partial charge in [-0.05, 0) is 12.1 Å². The van der Waals surface area contributed by atoms with Gasteiger partial charge in [0.1, 0.15) is 5.69 Å². The Morgan fingerprint density at radius 1 is 1.28 bits per heavy atom. The highest BCUT2D eigenvalue weighted by molar-refractivity contribution is 6.00. The van der Waals surface area contributed by atoms with Crippen LogP contribution in [0.1, 0.15) is 10.4 Å². The number of anilines is 1. The number of carbonyl (C=O) groups excluding carboxylic acids is 1. The maximum absolute atomic E-state index is 11.4. The number of benzene rings is 1. The molecule has 1 aromatic carbocycles. The first kappa shape index (κ1) is 11.9. The molecule has 0 aliphatic carbocycles. The number of ether oxygens (including phenoxy) is 1. The highest BCUT2D eigenvalue weighted by Gasteiger charge is 2.16. The summed E-state index contributed by atoms with van der Waals surface area (Å²) in [6.45, 7) is 0. The summed E-state index contributed by atoms with van der Waals surface area (Å²) in [5, 5.41) is 0. The number of hydrogen-bond donors (Lipinski definition) is 2. The van der Waals surface area contributed by atoms with E-state index in [1.807, 2.05) is 0 Å². The van der Waals surface area contributed by atoms with Crippen molar-refractivity contribution in [2.75, 3.05) is 12.8 Å². The van der Waals surface area contributed by atoms with Gasteiger partial charge in [-0.25, -0.2) is 0 Å². The van der Waals surface area contributed by atoms with Crippen molar-refractivity contribution in [2.45, 2.75) is 0 Å². The summed E-state index contributed by atoms with van der Waals surface area (Å²) in [6.07, 6.45) is 1.56. The molecule has 5 nitrogen and oxygen atoms in total. The second-order valence-electron chi connectivity index (χ2n) is 3.69. The number of hydrogen-bond acceptors (Lipinski definition) is 4. The Balaban J connectivity index is 2.70. The van der Waals surface area contributed by atoms with E-state index in [0.29, 0.717) is 28.3 Å². The van der Waals surface area contributed by atoms with Gasteiger partial charge in [0.15, 0.2) is 5.75 Å². The summed E-state index contributed by atoms with van der Waals surface area (Å²) < 4.78 is 5.23. The van der Waals surface area contributed by atoms with E-state index in [4.69, 9.17) is 16.2 Å². The van der Waals surface area contributed by atoms with Gasteiger partial charge in [-0.3, -0.25) is 9.78 Å². The van der Waals surface area contributed by atoms with Crippen LogP contribution in [-0.2, 0) is 0 Å². The average Bonchev–Trinajstić information content (AvgIpc) is 2.38. The van der Waals surface area contributed by atoms with Gasteiger partial charge in [-0.15, -0.1) is 0 Å². The van der Waals surface area contributed by atoms with E-state index < -0.39 is 5.91 Å². The van der Waals surface area contributed by atoms with Gasteiger partial charge in [0.05, 0.1) is 12.8 Å². The number of nitrogens with two attached hydrogens (primary N) is 2. The minimum absolute atomic E-state index is 0.383. The fraction of sp³-hybridized carbons (Fsp3) is 0.0769.